The minimum Gasteiger partial charge on any atom is -0.497 e. The van der Waals surface area contributed by atoms with Crippen LogP contribution in [0.15, 0.2) is 36.4 Å². The zero-order valence-electron chi connectivity index (χ0n) is 15.3. The van der Waals surface area contributed by atoms with E-state index >= 15 is 0 Å². The van der Waals surface area contributed by atoms with Crippen molar-refractivity contribution in [1.82, 2.24) is 4.90 Å². The molecule has 1 N–H and O–H groups in total. The molecular formula is C20H22Cl2N2O3. The van der Waals surface area contributed by atoms with E-state index < -0.39 is 0 Å². The number of hydrogen-bond donors (Lipinski definition) is 1. The molecule has 2 aromatic rings. The van der Waals surface area contributed by atoms with E-state index in [1.165, 1.54) is 0 Å². The molecular weight excluding hydrogens is 387 g/mol. The molecule has 1 heterocycles. The van der Waals surface area contributed by atoms with E-state index in [0.29, 0.717) is 15.7 Å². The molecule has 2 aromatic carbocycles. The summed E-state index contributed by atoms with van der Waals surface area (Å²) < 4.78 is 10.8. The number of anilines is 1. The van der Waals surface area contributed by atoms with Gasteiger partial charge in [0.1, 0.15) is 11.5 Å². The molecule has 3 rings (SSSR count). The molecule has 7 heteroatoms. The summed E-state index contributed by atoms with van der Waals surface area (Å²) in [6, 6.07) is 11.1. The van der Waals surface area contributed by atoms with Crippen LogP contribution in [-0.4, -0.2) is 38.1 Å². The fourth-order valence-electron chi connectivity index (χ4n) is 3.44. The number of amides is 1. The molecule has 1 aliphatic rings. The number of carbonyl (C=O) groups excluding carboxylic acids is 1. The first kappa shape index (κ1) is 19.8. The van der Waals surface area contributed by atoms with Crippen molar-refractivity contribution in [2.75, 3.05) is 32.6 Å². The second-order valence-corrected chi connectivity index (χ2v) is 7.17. The number of nitrogens with zero attached hydrogens (tertiary/aromatic N) is 1. The third-order valence-electron chi connectivity index (χ3n) is 4.74. The van der Waals surface area contributed by atoms with Gasteiger partial charge in [-0.3, -0.25) is 9.69 Å². The standard InChI is InChI=1S/C20H22Cl2N2O3/c1-26-13-8-9-14(18(11-13)27-2)17-7-4-10-24(17)12-19(25)23-16-6-3-5-15(21)20(16)22/h3,5-6,8-9,11,17H,4,7,10,12H2,1-2H3,(H,23,25)/t17-/m0/s1. The molecule has 1 amide bonds. The average Bonchev–Trinajstić information content (AvgIpc) is 3.12. The van der Waals surface area contributed by atoms with Crippen LogP contribution in [0.4, 0.5) is 5.69 Å². The largest absolute Gasteiger partial charge is 0.497 e. The average molecular weight is 409 g/mol. The van der Waals surface area contributed by atoms with Gasteiger partial charge in [-0.05, 0) is 37.6 Å². The van der Waals surface area contributed by atoms with E-state index in [1.54, 1.807) is 32.4 Å². The molecule has 0 spiro atoms. The lowest BCUT2D eigenvalue weighted by atomic mass is 10.0. The lowest BCUT2D eigenvalue weighted by Gasteiger charge is -2.26. The number of carbonyl (C=O) groups is 1. The van der Waals surface area contributed by atoms with Crippen LogP contribution in [-0.2, 0) is 4.79 Å². The Morgan fingerprint density at radius 1 is 1.22 bits per heavy atom. The highest BCUT2D eigenvalue weighted by atomic mass is 35.5. The summed E-state index contributed by atoms with van der Waals surface area (Å²) in [6.07, 6.45) is 1.99. The highest BCUT2D eigenvalue weighted by molar-refractivity contribution is 6.44. The van der Waals surface area contributed by atoms with Gasteiger partial charge in [-0.2, -0.15) is 0 Å². The van der Waals surface area contributed by atoms with Crippen LogP contribution in [0, 0.1) is 0 Å². The molecule has 1 saturated heterocycles. The molecule has 1 atom stereocenters. The van der Waals surface area contributed by atoms with Gasteiger partial charge in [0.05, 0.1) is 36.5 Å². The highest BCUT2D eigenvalue weighted by Crippen LogP contribution is 2.38. The molecule has 0 aliphatic carbocycles. The first-order valence-electron chi connectivity index (χ1n) is 8.73. The smallest absolute Gasteiger partial charge is 0.238 e. The summed E-state index contributed by atoms with van der Waals surface area (Å²) in [6.45, 7) is 1.11. The molecule has 0 aromatic heterocycles. The van der Waals surface area contributed by atoms with E-state index in [-0.39, 0.29) is 18.5 Å². The van der Waals surface area contributed by atoms with Gasteiger partial charge >= 0.3 is 0 Å². The quantitative estimate of drug-likeness (QED) is 0.746. The highest BCUT2D eigenvalue weighted by Gasteiger charge is 2.30. The number of methoxy groups -OCH3 is 2. The van der Waals surface area contributed by atoms with Gasteiger partial charge in [-0.25, -0.2) is 0 Å². The Morgan fingerprint density at radius 3 is 2.78 bits per heavy atom. The molecule has 5 nitrogen and oxygen atoms in total. The molecule has 144 valence electrons. The Balaban J connectivity index is 1.73. The normalized spacial score (nSPS) is 17.0. The Labute approximate surface area is 169 Å². The molecule has 27 heavy (non-hydrogen) atoms. The maximum absolute atomic E-state index is 12.6. The van der Waals surface area contributed by atoms with Crippen molar-refractivity contribution < 1.29 is 14.3 Å². The van der Waals surface area contributed by atoms with E-state index in [4.69, 9.17) is 32.7 Å². The summed E-state index contributed by atoms with van der Waals surface area (Å²) in [4.78, 5) is 14.7. The van der Waals surface area contributed by atoms with Crippen molar-refractivity contribution in [3.63, 3.8) is 0 Å². The number of likely N-dealkylation sites (tertiary alicyclic amines) is 1. The minimum absolute atomic E-state index is 0.117. The van der Waals surface area contributed by atoms with Crippen molar-refractivity contribution in [2.24, 2.45) is 0 Å². The number of ether oxygens (including phenoxy) is 2. The predicted molar refractivity (Wildman–Crippen MR) is 108 cm³/mol. The van der Waals surface area contributed by atoms with E-state index in [1.807, 2.05) is 18.2 Å². The van der Waals surface area contributed by atoms with E-state index in [0.717, 1.165) is 36.4 Å². The molecule has 0 saturated carbocycles. The predicted octanol–water partition coefficient (Wildman–Crippen LogP) is 4.79. The SMILES string of the molecule is COc1ccc([C@@H]2CCCN2CC(=O)Nc2cccc(Cl)c2Cl)c(OC)c1. The third kappa shape index (κ3) is 4.49. The molecule has 0 bridgehead atoms. The minimum atomic E-state index is -0.126. The van der Waals surface area contributed by atoms with E-state index in [2.05, 4.69) is 10.2 Å². The first-order valence-corrected chi connectivity index (χ1v) is 9.49. The fourth-order valence-corrected chi connectivity index (χ4v) is 3.78. The van der Waals surface area contributed by atoms with Crippen molar-refractivity contribution in [3.8, 4) is 11.5 Å². The topological polar surface area (TPSA) is 50.8 Å². The lowest BCUT2D eigenvalue weighted by Crippen LogP contribution is -2.33. The van der Waals surface area contributed by atoms with Crippen LogP contribution < -0.4 is 14.8 Å². The second-order valence-electron chi connectivity index (χ2n) is 6.39. The third-order valence-corrected chi connectivity index (χ3v) is 5.55. The maximum atomic E-state index is 12.6. The van der Waals surface area contributed by atoms with Crippen molar-refractivity contribution in [3.05, 3.63) is 52.0 Å². The number of hydrogen-bond acceptors (Lipinski definition) is 4. The van der Waals surface area contributed by atoms with Crippen LogP contribution in [0.2, 0.25) is 10.0 Å². The van der Waals surface area contributed by atoms with Crippen LogP contribution >= 0.6 is 23.2 Å². The summed E-state index contributed by atoms with van der Waals surface area (Å²) in [5.74, 6) is 1.39. The summed E-state index contributed by atoms with van der Waals surface area (Å²) in [5.41, 5.74) is 1.58. The number of halogens is 2. The van der Waals surface area contributed by atoms with E-state index in [9.17, 15) is 4.79 Å². The zero-order valence-corrected chi connectivity index (χ0v) is 16.8. The zero-order chi connectivity index (χ0) is 19.4. The molecule has 0 unspecified atom stereocenters. The Bertz CT molecular complexity index is 829. The Kier molecular flexibility index (Phi) is 6.47. The number of rotatable bonds is 6. The number of nitrogens with one attached hydrogen (secondary N) is 1. The second kappa shape index (κ2) is 8.83. The van der Waals surface area contributed by atoms with Gasteiger partial charge in [0, 0.05) is 17.7 Å². The Hall–Kier alpha value is -1.95. The molecule has 1 fully saturated rings. The van der Waals surface area contributed by atoms with Crippen LogP contribution in [0.3, 0.4) is 0 Å². The van der Waals surface area contributed by atoms with Gasteiger partial charge in [0.2, 0.25) is 5.91 Å². The summed E-state index contributed by atoms with van der Waals surface area (Å²) in [7, 11) is 3.27. The van der Waals surface area contributed by atoms with Gasteiger partial charge in [0.25, 0.3) is 0 Å². The lowest BCUT2D eigenvalue weighted by molar-refractivity contribution is -0.117. The summed E-state index contributed by atoms with van der Waals surface area (Å²) >= 11 is 12.2. The Morgan fingerprint density at radius 2 is 2.04 bits per heavy atom. The first-order chi connectivity index (χ1) is 13.0. The van der Waals surface area contributed by atoms with Gasteiger partial charge < -0.3 is 14.8 Å². The van der Waals surface area contributed by atoms with Crippen molar-refractivity contribution in [2.45, 2.75) is 18.9 Å². The van der Waals surface area contributed by atoms with Gasteiger partial charge in [-0.1, -0.05) is 35.3 Å². The van der Waals surface area contributed by atoms with Crippen molar-refractivity contribution in [1.29, 1.82) is 0 Å². The maximum Gasteiger partial charge on any atom is 0.238 e. The van der Waals surface area contributed by atoms with Crippen LogP contribution in [0.25, 0.3) is 0 Å². The monoisotopic (exact) mass is 408 g/mol. The number of benzene rings is 2. The van der Waals surface area contributed by atoms with Crippen LogP contribution in [0.1, 0.15) is 24.4 Å². The van der Waals surface area contributed by atoms with Gasteiger partial charge in [-0.15, -0.1) is 0 Å². The van der Waals surface area contributed by atoms with Crippen molar-refractivity contribution >= 4 is 34.8 Å². The fraction of sp³-hybridized carbons (Fsp3) is 0.350. The summed E-state index contributed by atoms with van der Waals surface area (Å²) in [5, 5.41) is 3.61. The molecule has 1 aliphatic heterocycles. The van der Waals surface area contributed by atoms with Crippen LogP contribution in [0.5, 0.6) is 11.5 Å². The molecule has 0 radical (unpaired) electrons. The van der Waals surface area contributed by atoms with Gasteiger partial charge in [0.15, 0.2) is 0 Å².